The highest BCUT2D eigenvalue weighted by Gasteiger charge is 2.34. The van der Waals surface area contributed by atoms with Crippen molar-refractivity contribution in [1.29, 1.82) is 0 Å². The van der Waals surface area contributed by atoms with E-state index in [-0.39, 0.29) is 12.1 Å². The number of fused-ring (bicyclic) bond motifs is 3. The van der Waals surface area contributed by atoms with Crippen molar-refractivity contribution < 1.29 is 22.4 Å². The molecule has 0 spiro atoms. The molecule has 2 N–H and O–H groups in total. The lowest BCUT2D eigenvalue weighted by Gasteiger charge is -2.15. The van der Waals surface area contributed by atoms with Crippen molar-refractivity contribution in [1.82, 2.24) is 4.57 Å². The van der Waals surface area contributed by atoms with E-state index in [1.165, 1.54) is 0 Å². The number of aromatic nitrogens is 1. The minimum atomic E-state index is -4.69. The third kappa shape index (κ3) is 3.76. The molecule has 1 heterocycles. The summed E-state index contributed by atoms with van der Waals surface area (Å²) in [7, 11) is 0. The normalized spacial score (nSPS) is 12.0. The maximum absolute atomic E-state index is 13.6. The van der Waals surface area contributed by atoms with Crippen molar-refractivity contribution in [3.05, 3.63) is 82.7 Å². The van der Waals surface area contributed by atoms with Gasteiger partial charge in [0, 0.05) is 28.4 Å². The van der Waals surface area contributed by atoms with E-state index in [2.05, 4.69) is 0 Å². The average Bonchev–Trinajstić information content (AvgIpc) is 3.02. The Morgan fingerprint density at radius 1 is 1.03 bits per heavy atom. The van der Waals surface area contributed by atoms with Gasteiger partial charge in [0.1, 0.15) is 5.82 Å². The largest absolute Gasteiger partial charge is 0.416 e. The Kier molecular flexibility index (Phi) is 5.21. The Balaban J connectivity index is 2.02. The number of hydrogen-bond acceptors (Lipinski definition) is 1. The predicted octanol–water partition coefficient (Wildman–Crippen LogP) is 6.05. The summed E-state index contributed by atoms with van der Waals surface area (Å²) in [5.74, 6) is -1.56. The summed E-state index contributed by atoms with van der Waals surface area (Å²) in [4.78, 5) is 12.0. The number of benzene rings is 3. The lowest BCUT2D eigenvalue weighted by Crippen LogP contribution is -2.13. The van der Waals surface area contributed by atoms with Crippen LogP contribution in [0.2, 0.25) is 0 Å². The summed E-state index contributed by atoms with van der Waals surface area (Å²) in [6.45, 7) is 1.91. The number of aryl methyl sites for hydroxylation is 1. The van der Waals surface area contributed by atoms with Gasteiger partial charge in [0.15, 0.2) is 0 Å². The van der Waals surface area contributed by atoms with E-state index in [1.54, 1.807) is 22.8 Å². The fourth-order valence-corrected chi connectivity index (χ4v) is 4.13. The zero-order chi connectivity index (χ0) is 22.3. The van der Waals surface area contributed by atoms with Gasteiger partial charge >= 0.3 is 6.18 Å². The second-order valence-corrected chi connectivity index (χ2v) is 7.55. The fourth-order valence-electron chi connectivity index (χ4n) is 4.13. The van der Waals surface area contributed by atoms with Crippen LogP contribution in [0.25, 0.3) is 21.8 Å². The smallest absolute Gasteiger partial charge is 0.366 e. The molecule has 160 valence electrons. The molecule has 0 aliphatic rings. The highest BCUT2D eigenvalue weighted by Crippen LogP contribution is 2.36. The monoisotopic (exact) mass is 428 g/mol. The fraction of sp³-hybridized carbons (Fsp3) is 0.208. The molecule has 3 aromatic carbocycles. The number of nitrogens with two attached hydrogens (primary N) is 1. The Hall–Kier alpha value is -3.35. The first-order valence-corrected chi connectivity index (χ1v) is 9.90. The molecule has 3 nitrogen and oxygen atoms in total. The highest BCUT2D eigenvalue weighted by atomic mass is 19.4. The van der Waals surface area contributed by atoms with Crippen LogP contribution < -0.4 is 5.73 Å². The van der Waals surface area contributed by atoms with Gasteiger partial charge in [-0.1, -0.05) is 37.6 Å². The van der Waals surface area contributed by atoms with E-state index in [0.29, 0.717) is 28.0 Å². The maximum Gasteiger partial charge on any atom is 0.416 e. The van der Waals surface area contributed by atoms with E-state index >= 15 is 0 Å². The van der Waals surface area contributed by atoms with Crippen LogP contribution in [0.5, 0.6) is 0 Å². The van der Waals surface area contributed by atoms with Gasteiger partial charge in [0.05, 0.1) is 11.1 Å². The van der Waals surface area contributed by atoms with Crippen molar-refractivity contribution in [2.24, 2.45) is 5.73 Å². The van der Waals surface area contributed by atoms with Crippen LogP contribution in [-0.4, -0.2) is 10.5 Å². The van der Waals surface area contributed by atoms with Gasteiger partial charge in [-0.2, -0.15) is 13.2 Å². The Morgan fingerprint density at radius 3 is 2.48 bits per heavy atom. The van der Waals surface area contributed by atoms with Crippen molar-refractivity contribution in [2.45, 2.75) is 32.5 Å². The molecule has 0 saturated carbocycles. The van der Waals surface area contributed by atoms with Crippen molar-refractivity contribution in [2.75, 3.05) is 0 Å². The number of amides is 1. The van der Waals surface area contributed by atoms with E-state index < -0.39 is 23.5 Å². The van der Waals surface area contributed by atoms with Gasteiger partial charge in [0.2, 0.25) is 5.91 Å². The number of carbonyl (C=O) groups is 1. The van der Waals surface area contributed by atoms with Crippen LogP contribution in [0.1, 0.15) is 40.4 Å². The number of rotatable bonds is 5. The Labute approximate surface area is 176 Å². The second kappa shape index (κ2) is 7.72. The lowest BCUT2D eigenvalue weighted by atomic mass is 10.0. The standard InChI is InChI=1S/C24H20F4N2O/c1-2-4-14-7-10-17-21(11-14)30(20-6-3-5-18(22(17)20)23(29)31)13-15-8-9-16(25)12-19(15)24(26,27)28/h3,5-12H,2,4,13H2,1H3,(H2,29,31). The number of nitrogens with zero attached hydrogens (tertiary/aromatic N) is 1. The zero-order valence-corrected chi connectivity index (χ0v) is 16.8. The van der Waals surface area contributed by atoms with Crippen LogP contribution in [0.15, 0.2) is 54.6 Å². The minimum Gasteiger partial charge on any atom is -0.366 e. The number of alkyl halides is 3. The number of primary amides is 1. The maximum atomic E-state index is 13.6. The van der Waals surface area contributed by atoms with Gasteiger partial charge in [-0.05, 0) is 47.9 Å². The number of halogens is 4. The molecule has 1 aromatic heterocycles. The molecule has 0 radical (unpaired) electrons. The average molecular weight is 428 g/mol. The van der Waals surface area contributed by atoms with E-state index in [4.69, 9.17) is 5.73 Å². The van der Waals surface area contributed by atoms with Gasteiger partial charge in [-0.15, -0.1) is 0 Å². The van der Waals surface area contributed by atoms with Gasteiger partial charge < -0.3 is 10.3 Å². The Morgan fingerprint density at radius 2 is 1.81 bits per heavy atom. The number of carbonyl (C=O) groups excluding carboxylic acids is 1. The number of hydrogen-bond donors (Lipinski definition) is 1. The minimum absolute atomic E-state index is 0.0573. The molecule has 0 saturated heterocycles. The third-order valence-corrected chi connectivity index (χ3v) is 5.47. The van der Waals surface area contributed by atoms with Gasteiger partial charge in [0.25, 0.3) is 0 Å². The van der Waals surface area contributed by atoms with Crippen molar-refractivity contribution in [3.63, 3.8) is 0 Å². The van der Waals surface area contributed by atoms with Gasteiger partial charge in [-0.25, -0.2) is 4.39 Å². The van der Waals surface area contributed by atoms with Crippen LogP contribution in [0.4, 0.5) is 17.6 Å². The summed E-state index contributed by atoms with van der Waals surface area (Å²) >= 11 is 0. The molecule has 7 heteroatoms. The molecular formula is C24H20F4N2O. The van der Waals surface area contributed by atoms with Crippen LogP contribution in [-0.2, 0) is 19.1 Å². The van der Waals surface area contributed by atoms with Crippen LogP contribution in [0.3, 0.4) is 0 Å². The quantitative estimate of drug-likeness (QED) is 0.387. The first kappa shape index (κ1) is 20.9. The summed E-state index contributed by atoms with van der Waals surface area (Å²) in [6.07, 6.45) is -2.97. The van der Waals surface area contributed by atoms with E-state index in [9.17, 15) is 22.4 Å². The molecular weight excluding hydrogens is 408 g/mol. The summed E-state index contributed by atoms with van der Waals surface area (Å²) in [5, 5.41) is 1.34. The topological polar surface area (TPSA) is 48.0 Å². The summed E-state index contributed by atoms with van der Waals surface area (Å²) in [5.41, 5.74) is 7.13. The summed E-state index contributed by atoms with van der Waals surface area (Å²) in [6, 6.07) is 13.5. The van der Waals surface area contributed by atoms with E-state index in [0.717, 1.165) is 35.9 Å². The Bertz CT molecular complexity index is 1300. The highest BCUT2D eigenvalue weighted by molar-refractivity contribution is 6.18. The SMILES string of the molecule is CCCc1ccc2c3c(C(N)=O)cccc3n(Cc3ccc(F)cc3C(F)(F)F)c2c1. The predicted molar refractivity (Wildman–Crippen MR) is 112 cm³/mol. The molecule has 0 aliphatic heterocycles. The molecule has 0 fully saturated rings. The van der Waals surface area contributed by atoms with Crippen LogP contribution in [0, 0.1) is 5.82 Å². The summed E-state index contributed by atoms with van der Waals surface area (Å²) < 4.78 is 56.1. The van der Waals surface area contributed by atoms with Crippen LogP contribution >= 0.6 is 0 Å². The van der Waals surface area contributed by atoms with Crippen molar-refractivity contribution >= 4 is 27.7 Å². The lowest BCUT2D eigenvalue weighted by molar-refractivity contribution is -0.138. The molecule has 0 aliphatic carbocycles. The second-order valence-electron chi connectivity index (χ2n) is 7.55. The molecule has 0 bridgehead atoms. The molecule has 1 amide bonds. The van der Waals surface area contributed by atoms with Crippen molar-refractivity contribution in [3.8, 4) is 0 Å². The first-order chi connectivity index (χ1) is 14.7. The molecule has 31 heavy (non-hydrogen) atoms. The molecule has 4 aromatic rings. The molecule has 0 unspecified atom stereocenters. The first-order valence-electron chi connectivity index (χ1n) is 9.90. The van der Waals surface area contributed by atoms with Gasteiger partial charge in [-0.3, -0.25) is 4.79 Å². The molecule has 0 atom stereocenters. The third-order valence-electron chi connectivity index (χ3n) is 5.47. The molecule has 4 rings (SSSR count). The van der Waals surface area contributed by atoms with E-state index in [1.807, 2.05) is 25.1 Å². The zero-order valence-electron chi connectivity index (χ0n) is 16.8.